The zero-order valence-corrected chi connectivity index (χ0v) is 17.9. The summed E-state index contributed by atoms with van der Waals surface area (Å²) in [5.74, 6) is 0.638. The van der Waals surface area contributed by atoms with Crippen LogP contribution in [0, 0.1) is 0 Å². The van der Waals surface area contributed by atoms with Gasteiger partial charge in [-0.3, -0.25) is 0 Å². The zero-order chi connectivity index (χ0) is 15.8. The molecular weight excluding hydrogens is 375 g/mol. The number of hydrogen-bond donors (Lipinski definition) is 0. The van der Waals surface area contributed by atoms with E-state index in [4.69, 9.17) is 8.84 Å². The van der Waals surface area contributed by atoms with Crippen LogP contribution in [0.4, 0.5) is 0 Å². The fraction of sp³-hybridized carbons (Fsp3) is 0.667. The summed E-state index contributed by atoms with van der Waals surface area (Å²) >= 11 is -2.36. The fourth-order valence-corrected chi connectivity index (χ4v) is 5.97. The van der Waals surface area contributed by atoms with E-state index in [9.17, 15) is 4.79 Å². The van der Waals surface area contributed by atoms with Crippen molar-refractivity contribution in [1.82, 2.24) is 0 Å². The van der Waals surface area contributed by atoms with Gasteiger partial charge in [-0.1, -0.05) is 0 Å². The summed E-state index contributed by atoms with van der Waals surface area (Å²) in [5, 5.41) is 0.162. The van der Waals surface area contributed by atoms with Gasteiger partial charge in [-0.05, 0) is 0 Å². The standard InChI is InChI=1S/C12H19O3Si.3CH3.Sn/c1-12(2,3)16(4,5)15-9-11-8-10(13)6-7-14-11;;;;/h7-8H,9H2,1-5H3;3*1H3;. The van der Waals surface area contributed by atoms with Gasteiger partial charge in [0.2, 0.25) is 0 Å². The molecule has 0 spiro atoms. The average Bonchev–Trinajstić information content (AvgIpc) is 2.23. The van der Waals surface area contributed by atoms with E-state index in [-0.39, 0.29) is 10.5 Å². The molecule has 0 fully saturated rings. The van der Waals surface area contributed by atoms with Gasteiger partial charge in [-0.2, -0.15) is 0 Å². The van der Waals surface area contributed by atoms with E-state index in [1.807, 2.05) is 0 Å². The Morgan fingerprint density at radius 1 is 1.25 bits per heavy atom. The van der Waals surface area contributed by atoms with Crippen LogP contribution in [-0.4, -0.2) is 26.7 Å². The molecule has 1 aromatic heterocycles. The van der Waals surface area contributed by atoms with Crippen LogP contribution < -0.4 is 9.01 Å². The Kier molecular flexibility index (Phi) is 5.36. The first-order chi connectivity index (χ1) is 8.84. The Morgan fingerprint density at radius 3 is 2.20 bits per heavy atom. The molecule has 0 N–H and O–H groups in total. The SMILES string of the molecule is CC(C)(C)[Si](C)(C)OCc1cc(=O)[c]([Sn]([CH3])([CH3])[CH3])co1. The maximum atomic E-state index is 12.2. The summed E-state index contributed by atoms with van der Waals surface area (Å²) in [7, 11) is -1.80. The third kappa shape index (κ3) is 4.46. The minimum atomic E-state index is -2.36. The Morgan fingerprint density at radius 2 is 1.80 bits per heavy atom. The first-order valence-corrected chi connectivity index (χ1v) is 20.0. The molecule has 3 nitrogen and oxygen atoms in total. The maximum absolute atomic E-state index is 12.2. The summed E-state index contributed by atoms with van der Waals surface area (Å²) < 4.78 is 12.6. The van der Waals surface area contributed by atoms with Crippen molar-refractivity contribution in [1.29, 1.82) is 0 Å². The van der Waals surface area contributed by atoms with Gasteiger partial charge in [-0.25, -0.2) is 0 Å². The van der Waals surface area contributed by atoms with Crippen LogP contribution >= 0.6 is 0 Å². The molecule has 0 aliphatic rings. The van der Waals surface area contributed by atoms with E-state index < -0.39 is 26.7 Å². The Labute approximate surface area is 127 Å². The van der Waals surface area contributed by atoms with E-state index in [1.54, 1.807) is 12.3 Å². The van der Waals surface area contributed by atoms with Crippen LogP contribution in [0.5, 0.6) is 0 Å². The molecule has 20 heavy (non-hydrogen) atoms. The summed E-state index contributed by atoms with van der Waals surface area (Å²) in [5.41, 5.74) is 0.119. The van der Waals surface area contributed by atoms with Crippen LogP contribution in [0.3, 0.4) is 0 Å². The van der Waals surface area contributed by atoms with E-state index in [0.717, 1.165) is 3.58 Å². The molecule has 1 aromatic rings. The third-order valence-electron chi connectivity index (χ3n) is 4.08. The van der Waals surface area contributed by atoms with E-state index in [2.05, 4.69) is 48.7 Å². The summed E-state index contributed by atoms with van der Waals surface area (Å²) in [6.45, 7) is 11.4. The first-order valence-electron chi connectivity index (χ1n) is 7.11. The van der Waals surface area contributed by atoms with Crippen LogP contribution in [0.25, 0.3) is 0 Å². The van der Waals surface area contributed by atoms with Gasteiger partial charge in [0.05, 0.1) is 0 Å². The second-order valence-electron chi connectivity index (χ2n) is 7.92. The van der Waals surface area contributed by atoms with Crippen LogP contribution in [0.2, 0.25) is 33.0 Å². The first kappa shape index (κ1) is 18.0. The quantitative estimate of drug-likeness (QED) is 0.720. The molecule has 0 aliphatic carbocycles. The van der Waals surface area contributed by atoms with Gasteiger partial charge in [-0.15, -0.1) is 0 Å². The van der Waals surface area contributed by atoms with Crippen molar-refractivity contribution >= 4 is 30.3 Å². The molecule has 0 aliphatic heterocycles. The van der Waals surface area contributed by atoms with E-state index >= 15 is 0 Å². The normalized spacial score (nSPS) is 13.6. The Bertz CT molecular complexity index is 521. The summed E-state index contributed by atoms with van der Waals surface area (Å²) in [6, 6.07) is 1.62. The molecule has 0 radical (unpaired) electrons. The molecule has 0 saturated carbocycles. The van der Waals surface area contributed by atoms with Crippen molar-refractivity contribution in [2.24, 2.45) is 0 Å². The molecule has 5 heteroatoms. The molecular formula is C15H28O3SiSn. The Hall–Kier alpha value is -0.0744. The van der Waals surface area contributed by atoms with Crippen LogP contribution in [0.15, 0.2) is 21.5 Å². The molecule has 0 atom stereocenters. The molecule has 0 aromatic carbocycles. The third-order valence-corrected chi connectivity index (χ3v) is 14.2. The van der Waals surface area contributed by atoms with Crippen molar-refractivity contribution in [2.45, 2.75) is 60.3 Å². The fourth-order valence-electron chi connectivity index (χ4n) is 1.54. The van der Waals surface area contributed by atoms with Crippen LogP contribution in [-0.2, 0) is 11.0 Å². The summed E-state index contributed by atoms with van der Waals surface area (Å²) in [6.07, 6.45) is 1.67. The van der Waals surface area contributed by atoms with Crippen molar-refractivity contribution < 1.29 is 8.84 Å². The van der Waals surface area contributed by atoms with Crippen molar-refractivity contribution in [2.75, 3.05) is 0 Å². The zero-order valence-electron chi connectivity index (χ0n) is 14.1. The van der Waals surface area contributed by atoms with Crippen molar-refractivity contribution in [3.63, 3.8) is 0 Å². The molecule has 0 amide bonds. The van der Waals surface area contributed by atoms with Crippen molar-refractivity contribution in [3.8, 4) is 0 Å². The van der Waals surface area contributed by atoms with E-state index in [0.29, 0.717) is 12.4 Å². The minimum absolute atomic E-state index is 0.119. The van der Waals surface area contributed by atoms with Gasteiger partial charge in [0.25, 0.3) is 0 Å². The van der Waals surface area contributed by atoms with Gasteiger partial charge in [0, 0.05) is 0 Å². The second kappa shape index (κ2) is 5.97. The average molecular weight is 403 g/mol. The van der Waals surface area contributed by atoms with Gasteiger partial charge in [0.1, 0.15) is 0 Å². The topological polar surface area (TPSA) is 39.4 Å². The molecule has 0 bridgehead atoms. The molecule has 0 saturated heterocycles. The monoisotopic (exact) mass is 404 g/mol. The Balaban J connectivity index is 2.87. The second-order valence-corrected chi connectivity index (χ2v) is 27.1. The molecule has 0 unspecified atom stereocenters. The molecule has 1 heterocycles. The van der Waals surface area contributed by atoms with Crippen molar-refractivity contribution in [3.05, 3.63) is 28.3 Å². The predicted molar refractivity (Wildman–Crippen MR) is 89.9 cm³/mol. The van der Waals surface area contributed by atoms with Gasteiger partial charge < -0.3 is 0 Å². The van der Waals surface area contributed by atoms with Gasteiger partial charge in [0.15, 0.2) is 0 Å². The van der Waals surface area contributed by atoms with Gasteiger partial charge >= 0.3 is 128 Å². The number of rotatable bonds is 4. The number of hydrogen-bond acceptors (Lipinski definition) is 3. The predicted octanol–water partition coefficient (Wildman–Crippen LogP) is 3.71. The van der Waals surface area contributed by atoms with E-state index in [1.165, 1.54) is 0 Å². The van der Waals surface area contributed by atoms with Crippen LogP contribution in [0.1, 0.15) is 26.5 Å². The summed E-state index contributed by atoms with van der Waals surface area (Å²) in [4.78, 5) is 18.8. The molecule has 114 valence electrons. The molecule has 1 rings (SSSR count).